The minimum absolute atomic E-state index is 0.0431. The Hall–Kier alpha value is -3.16. The quantitative estimate of drug-likeness (QED) is 0.561. The first kappa shape index (κ1) is 18.9. The van der Waals surface area contributed by atoms with Gasteiger partial charge in [0.25, 0.3) is 0 Å². The number of aliphatic carboxylic acids is 1. The molecule has 0 spiro atoms. The lowest BCUT2D eigenvalue weighted by atomic mass is 10.1. The molecule has 0 radical (unpaired) electrons. The number of hydrogen-bond donors (Lipinski definition) is 1. The summed E-state index contributed by atoms with van der Waals surface area (Å²) in [5.41, 5.74) is 0.194. The third-order valence-corrected chi connectivity index (χ3v) is 2.59. The van der Waals surface area contributed by atoms with Gasteiger partial charge in [0.2, 0.25) is 5.91 Å². The average molecular weight is 334 g/mol. The summed E-state index contributed by atoms with van der Waals surface area (Å²) in [4.78, 5) is 45.6. The fraction of sp³-hybridized carbons (Fsp3) is 0.250. The molecule has 1 aromatic rings. The SMILES string of the molecule is CCOC(=O)c1cc(NC(=O)C=CC(=O)[O-])cc(C(=O)OCC)c1. The molecule has 1 N–H and O–H groups in total. The predicted octanol–water partition coefficient (Wildman–Crippen LogP) is 0.285. The molecule has 128 valence electrons. The van der Waals surface area contributed by atoms with Gasteiger partial charge in [0.05, 0.1) is 30.3 Å². The summed E-state index contributed by atoms with van der Waals surface area (Å²) in [6, 6.07) is 3.87. The van der Waals surface area contributed by atoms with Crippen LogP contribution in [0, 0.1) is 0 Å². The van der Waals surface area contributed by atoms with E-state index in [0.717, 1.165) is 6.08 Å². The van der Waals surface area contributed by atoms with Crippen LogP contribution in [-0.4, -0.2) is 37.0 Å². The van der Waals surface area contributed by atoms with Crippen LogP contribution in [0.5, 0.6) is 0 Å². The topological polar surface area (TPSA) is 122 Å². The van der Waals surface area contributed by atoms with E-state index in [2.05, 4.69) is 5.32 Å². The molecule has 0 bridgehead atoms. The molecule has 8 heteroatoms. The minimum Gasteiger partial charge on any atom is -0.545 e. The first-order valence-corrected chi connectivity index (χ1v) is 7.06. The van der Waals surface area contributed by atoms with Crippen molar-refractivity contribution in [1.29, 1.82) is 0 Å². The smallest absolute Gasteiger partial charge is 0.338 e. The molecule has 1 amide bonds. The van der Waals surface area contributed by atoms with Crippen molar-refractivity contribution in [2.24, 2.45) is 0 Å². The van der Waals surface area contributed by atoms with Crippen LogP contribution in [-0.2, 0) is 19.1 Å². The van der Waals surface area contributed by atoms with E-state index < -0.39 is 23.8 Å². The van der Waals surface area contributed by atoms with Gasteiger partial charge < -0.3 is 24.7 Å². The van der Waals surface area contributed by atoms with Crippen LogP contribution in [0.2, 0.25) is 0 Å². The lowest BCUT2D eigenvalue weighted by molar-refractivity contribution is -0.297. The first-order valence-electron chi connectivity index (χ1n) is 7.06. The normalized spacial score (nSPS) is 10.2. The maximum absolute atomic E-state index is 11.8. The number of rotatable bonds is 7. The largest absolute Gasteiger partial charge is 0.545 e. The Morgan fingerprint density at radius 3 is 1.88 bits per heavy atom. The molecule has 0 saturated heterocycles. The van der Waals surface area contributed by atoms with Crippen LogP contribution in [0.1, 0.15) is 34.6 Å². The van der Waals surface area contributed by atoms with E-state index in [4.69, 9.17) is 9.47 Å². The molecule has 0 fully saturated rings. The molecule has 1 rings (SSSR count). The van der Waals surface area contributed by atoms with Gasteiger partial charge in [-0.1, -0.05) is 0 Å². The van der Waals surface area contributed by atoms with Crippen molar-refractivity contribution in [3.05, 3.63) is 41.5 Å². The van der Waals surface area contributed by atoms with Crippen molar-refractivity contribution in [2.45, 2.75) is 13.8 Å². The molecule has 8 nitrogen and oxygen atoms in total. The van der Waals surface area contributed by atoms with Gasteiger partial charge in [-0.15, -0.1) is 0 Å². The average Bonchev–Trinajstić information content (AvgIpc) is 2.53. The summed E-state index contributed by atoms with van der Waals surface area (Å²) in [5, 5.41) is 12.6. The van der Waals surface area contributed by atoms with Crippen molar-refractivity contribution in [1.82, 2.24) is 0 Å². The predicted molar refractivity (Wildman–Crippen MR) is 81.1 cm³/mol. The van der Waals surface area contributed by atoms with E-state index in [0.29, 0.717) is 6.08 Å². The standard InChI is InChI=1S/C16H17NO7/c1-3-23-15(21)10-7-11(16(22)24-4-2)9-12(8-10)17-13(18)5-6-14(19)20/h5-9H,3-4H2,1-2H3,(H,17,18)(H,19,20)/p-1. The van der Waals surface area contributed by atoms with Gasteiger partial charge in [0.1, 0.15) is 0 Å². The van der Waals surface area contributed by atoms with Crippen molar-refractivity contribution < 1.29 is 33.8 Å². The van der Waals surface area contributed by atoms with Gasteiger partial charge in [0, 0.05) is 11.8 Å². The van der Waals surface area contributed by atoms with Crippen molar-refractivity contribution in [3.8, 4) is 0 Å². The highest BCUT2D eigenvalue weighted by Crippen LogP contribution is 2.17. The number of carboxylic acid groups (broad SMARTS) is 1. The van der Waals surface area contributed by atoms with Crippen LogP contribution >= 0.6 is 0 Å². The second kappa shape index (κ2) is 9.09. The first-order chi connectivity index (χ1) is 11.4. The van der Waals surface area contributed by atoms with E-state index in [1.54, 1.807) is 13.8 Å². The van der Waals surface area contributed by atoms with Gasteiger partial charge in [-0.3, -0.25) is 4.79 Å². The summed E-state index contributed by atoms with van der Waals surface area (Å²) < 4.78 is 9.72. The van der Waals surface area contributed by atoms with Crippen LogP contribution in [0.15, 0.2) is 30.4 Å². The Balaban J connectivity index is 3.13. The summed E-state index contributed by atoms with van der Waals surface area (Å²) in [5.74, 6) is -3.65. The molecule has 0 aliphatic carbocycles. The maximum Gasteiger partial charge on any atom is 0.338 e. The zero-order valence-electron chi connectivity index (χ0n) is 13.2. The summed E-state index contributed by atoms with van der Waals surface area (Å²) in [6.45, 7) is 3.53. The van der Waals surface area contributed by atoms with E-state index in [1.165, 1.54) is 18.2 Å². The van der Waals surface area contributed by atoms with Gasteiger partial charge in [-0.25, -0.2) is 9.59 Å². The molecule has 0 unspecified atom stereocenters. The van der Waals surface area contributed by atoms with Crippen LogP contribution in [0.25, 0.3) is 0 Å². The van der Waals surface area contributed by atoms with E-state index in [-0.39, 0.29) is 30.0 Å². The Morgan fingerprint density at radius 2 is 1.46 bits per heavy atom. The fourth-order valence-electron chi connectivity index (χ4n) is 1.69. The Bertz CT molecular complexity index is 643. The lowest BCUT2D eigenvalue weighted by Gasteiger charge is -2.09. The molecular formula is C16H16NO7-. The van der Waals surface area contributed by atoms with Crippen LogP contribution in [0.4, 0.5) is 5.69 Å². The number of carbonyl (C=O) groups is 4. The number of ether oxygens (including phenoxy) is 2. The number of anilines is 1. The Labute approximate surface area is 138 Å². The second-order valence-electron chi connectivity index (χ2n) is 4.38. The Morgan fingerprint density at radius 1 is 0.958 bits per heavy atom. The zero-order chi connectivity index (χ0) is 18.1. The summed E-state index contributed by atoms with van der Waals surface area (Å²) in [6.07, 6.45) is 1.30. The second-order valence-corrected chi connectivity index (χ2v) is 4.38. The van der Waals surface area contributed by atoms with E-state index in [1.807, 2.05) is 0 Å². The molecule has 0 aliphatic heterocycles. The van der Waals surface area contributed by atoms with Crippen LogP contribution < -0.4 is 10.4 Å². The Kier molecular flexibility index (Phi) is 7.15. The third-order valence-electron chi connectivity index (χ3n) is 2.59. The third kappa shape index (κ3) is 5.91. The molecule has 0 saturated carbocycles. The molecule has 0 atom stereocenters. The van der Waals surface area contributed by atoms with Gasteiger partial charge in [-0.05, 0) is 38.1 Å². The number of hydrogen-bond acceptors (Lipinski definition) is 7. The van der Waals surface area contributed by atoms with Crippen molar-refractivity contribution >= 4 is 29.5 Å². The highest BCUT2D eigenvalue weighted by molar-refractivity contribution is 6.04. The minimum atomic E-state index is -1.53. The molecular weight excluding hydrogens is 318 g/mol. The van der Waals surface area contributed by atoms with Gasteiger partial charge in [0.15, 0.2) is 0 Å². The fourth-order valence-corrected chi connectivity index (χ4v) is 1.69. The van der Waals surface area contributed by atoms with E-state index in [9.17, 15) is 24.3 Å². The summed E-state index contributed by atoms with van der Waals surface area (Å²) in [7, 11) is 0. The molecule has 0 aliphatic rings. The molecule has 0 heterocycles. The number of amides is 1. The number of carbonyl (C=O) groups excluding carboxylic acids is 4. The van der Waals surface area contributed by atoms with Gasteiger partial charge >= 0.3 is 11.9 Å². The molecule has 0 aromatic heterocycles. The molecule has 1 aromatic carbocycles. The van der Waals surface area contributed by atoms with E-state index >= 15 is 0 Å². The number of esters is 2. The summed E-state index contributed by atoms with van der Waals surface area (Å²) >= 11 is 0. The van der Waals surface area contributed by atoms with Gasteiger partial charge in [-0.2, -0.15) is 0 Å². The highest BCUT2D eigenvalue weighted by atomic mass is 16.5. The van der Waals surface area contributed by atoms with Crippen molar-refractivity contribution in [2.75, 3.05) is 18.5 Å². The lowest BCUT2D eigenvalue weighted by Crippen LogP contribution is -2.20. The number of nitrogens with one attached hydrogen (secondary N) is 1. The number of carboxylic acids is 1. The maximum atomic E-state index is 11.8. The highest BCUT2D eigenvalue weighted by Gasteiger charge is 2.15. The monoisotopic (exact) mass is 334 g/mol. The number of benzene rings is 1. The van der Waals surface area contributed by atoms with Crippen molar-refractivity contribution in [3.63, 3.8) is 0 Å². The molecule has 24 heavy (non-hydrogen) atoms. The van der Waals surface area contributed by atoms with Crippen LogP contribution in [0.3, 0.4) is 0 Å². The zero-order valence-corrected chi connectivity index (χ0v) is 13.2.